The van der Waals surface area contributed by atoms with E-state index in [2.05, 4.69) is 28.8 Å². The first kappa shape index (κ1) is 16.2. The fourth-order valence-electron chi connectivity index (χ4n) is 2.64. The molecule has 0 saturated carbocycles. The van der Waals surface area contributed by atoms with Gasteiger partial charge in [-0.2, -0.15) is 0 Å². The van der Waals surface area contributed by atoms with Gasteiger partial charge in [0.15, 0.2) is 0 Å². The lowest BCUT2D eigenvalue weighted by atomic mass is 10.0. The minimum atomic E-state index is -0.850. The molecule has 1 aliphatic rings. The Bertz CT molecular complexity index is 433. The van der Waals surface area contributed by atoms with Gasteiger partial charge in [0.1, 0.15) is 6.10 Å². The van der Waals surface area contributed by atoms with Gasteiger partial charge in [-0.3, -0.25) is 4.98 Å². The van der Waals surface area contributed by atoms with Gasteiger partial charge < -0.3 is 20.0 Å². The molecule has 2 atom stereocenters. The van der Waals surface area contributed by atoms with Crippen molar-refractivity contribution in [1.82, 2.24) is 9.88 Å². The Morgan fingerprint density at radius 3 is 2.57 bits per heavy atom. The number of pyridine rings is 1. The fraction of sp³-hybridized carbons (Fsp3) is 0.688. The first-order valence-electron chi connectivity index (χ1n) is 7.86. The largest absolute Gasteiger partial charge is 0.390 e. The van der Waals surface area contributed by atoms with Gasteiger partial charge in [0.2, 0.25) is 0 Å². The van der Waals surface area contributed by atoms with Crippen LogP contribution in [0.2, 0.25) is 0 Å². The summed E-state index contributed by atoms with van der Waals surface area (Å²) >= 11 is 0. The van der Waals surface area contributed by atoms with Crippen molar-refractivity contribution in [3.63, 3.8) is 0 Å². The number of likely N-dealkylation sites (N-methyl/N-ethyl adjacent to an activating group) is 1. The van der Waals surface area contributed by atoms with Crippen molar-refractivity contribution in [2.24, 2.45) is 0 Å². The van der Waals surface area contributed by atoms with Gasteiger partial charge >= 0.3 is 0 Å². The molecule has 2 unspecified atom stereocenters. The van der Waals surface area contributed by atoms with E-state index in [9.17, 15) is 10.2 Å². The molecule has 0 aliphatic carbocycles. The van der Waals surface area contributed by atoms with Crippen molar-refractivity contribution in [2.75, 3.05) is 38.1 Å². The zero-order valence-corrected chi connectivity index (χ0v) is 13.1. The molecule has 0 radical (unpaired) electrons. The molecule has 5 heteroatoms. The summed E-state index contributed by atoms with van der Waals surface area (Å²) in [7, 11) is 2.12. The van der Waals surface area contributed by atoms with E-state index in [0.29, 0.717) is 12.0 Å². The topological polar surface area (TPSA) is 59.8 Å². The standard InChI is InChI=1S/C16H27N3O2/c1-3-4-5-15(20)16(21)13-10-14(12-17-11-13)19-8-6-18(2)7-9-19/h10-12,15-16,20-21H,3-9H2,1-2H3. The summed E-state index contributed by atoms with van der Waals surface area (Å²) in [6, 6.07) is 1.96. The Labute approximate surface area is 127 Å². The second kappa shape index (κ2) is 7.73. The van der Waals surface area contributed by atoms with Crippen LogP contribution in [0.4, 0.5) is 5.69 Å². The SMILES string of the molecule is CCCCC(O)C(O)c1cncc(N2CCN(C)CC2)c1. The van der Waals surface area contributed by atoms with Crippen LogP contribution in [-0.2, 0) is 0 Å². The summed E-state index contributed by atoms with van der Waals surface area (Å²) in [4.78, 5) is 8.82. The molecule has 0 bridgehead atoms. The average molecular weight is 293 g/mol. The molecule has 118 valence electrons. The lowest BCUT2D eigenvalue weighted by Crippen LogP contribution is -2.44. The maximum Gasteiger partial charge on any atom is 0.106 e. The van der Waals surface area contributed by atoms with Gasteiger partial charge in [0.05, 0.1) is 18.0 Å². The number of hydrogen-bond donors (Lipinski definition) is 2. The van der Waals surface area contributed by atoms with Gasteiger partial charge in [-0.1, -0.05) is 19.8 Å². The molecule has 21 heavy (non-hydrogen) atoms. The highest BCUT2D eigenvalue weighted by Gasteiger charge is 2.20. The molecule has 2 rings (SSSR count). The van der Waals surface area contributed by atoms with E-state index < -0.39 is 12.2 Å². The van der Waals surface area contributed by atoms with Crippen LogP contribution in [0.3, 0.4) is 0 Å². The van der Waals surface area contributed by atoms with Crippen molar-refractivity contribution >= 4 is 5.69 Å². The third-order valence-electron chi connectivity index (χ3n) is 4.17. The summed E-state index contributed by atoms with van der Waals surface area (Å²) in [5, 5.41) is 20.3. The second-order valence-electron chi connectivity index (χ2n) is 5.92. The summed E-state index contributed by atoms with van der Waals surface area (Å²) < 4.78 is 0. The number of hydrogen-bond acceptors (Lipinski definition) is 5. The number of piperazine rings is 1. The average Bonchev–Trinajstić information content (AvgIpc) is 2.52. The first-order chi connectivity index (χ1) is 10.1. The molecular formula is C16H27N3O2. The molecule has 1 aromatic rings. The molecule has 1 aliphatic heterocycles. The van der Waals surface area contributed by atoms with Crippen molar-refractivity contribution in [2.45, 2.75) is 38.4 Å². The van der Waals surface area contributed by atoms with E-state index in [-0.39, 0.29) is 0 Å². The van der Waals surface area contributed by atoms with Crippen LogP contribution in [0.25, 0.3) is 0 Å². The van der Waals surface area contributed by atoms with Crippen LogP contribution in [0.15, 0.2) is 18.5 Å². The Morgan fingerprint density at radius 2 is 1.90 bits per heavy atom. The minimum Gasteiger partial charge on any atom is -0.390 e. The van der Waals surface area contributed by atoms with Crippen molar-refractivity contribution < 1.29 is 10.2 Å². The Balaban J connectivity index is 2.03. The molecule has 1 aromatic heterocycles. The predicted octanol–water partition coefficient (Wildman–Crippen LogP) is 1.42. The maximum atomic E-state index is 10.3. The van der Waals surface area contributed by atoms with Crippen molar-refractivity contribution in [3.8, 4) is 0 Å². The lowest BCUT2D eigenvalue weighted by molar-refractivity contribution is 0.0121. The highest BCUT2D eigenvalue weighted by Crippen LogP contribution is 2.24. The van der Waals surface area contributed by atoms with Crippen molar-refractivity contribution in [3.05, 3.63) is 24.0 Å². The Kier molecular flexibility index (Phi) is 5.96. The maximum absolute atomic E-state index is 10.3. The molecule has 1 fully saturated rings. The predicted molar refractivity (Wildman–Crippen MR) is 84.4 cm³/mol. The van der Waals surface area contributed by atoms with Gasteiger partial charge in [-0.25, -0.2) is 0 Å². The van der Waals surface area contributed by atoms with E-state index in [4.69, 9.17) is 0 Å². The first-order valence-corrected chi connectivity index (χ1v) is 7.86. The summed E-state index contributed by atoms with van der Waals surface area (Å²) in [5.74, 6) is 0. The second-order valence-corrected chi connectivity index (χ2v) is 5.92. The normalized spacial score (nSPS) is 19.5. The number of anilines is 1. The van der Waals surface area contributed by atoms with Crippen LogP contribution in [-0.4, -0.2) is 59.4 Å². The monoisotopic (exact) mass is 293 g/mol. The molecule has 0 aromatic carbocycles. The van der Waals surface area contributed by atoms with Crippen LogP contribution in [0.5, 0.6) is 0 Å². The van der Waals surface area contributed by atoms with Gasteiger partial charge in [0, 0.05) is 37.9 Å². The van der Waals surface area contributed by atoms with Gasteiger partial charge in [-0.05, 0) is 19.5 Å². The quantitative estimate of drug-likeness (QED) is 0.830. The lowest BCUT2D eigenvalue weighted by Gasteiger charge is -2.34. The third-order valence-corrected chi connectivity index (χ3v) is 4.17. The van der Waals surface area contributed by atoms with E-state index >= 15 is 0 Å². The summed E-state index contributed by atoms with van der Waals surface area (Å²) in [5.41, 5.74) is 1.73. The van der Waals surface area contributed by atoms with Crippen LogP contribution in [0, 0.1) is 0 Å². The number of aliphatic hydroxyl groups excluding tert-OH is 2. The van der Waals surface area contributed by atoms with E-state index in [1.54, 1.807) is 6.20 Å². The molecule has 0 spiro atoms. The number of nitrogens with zero attached hydrogens (tertiary/aromatic N) is 3. The van der Waals surface area contributed by atoms with Crippen LogP contribution in [0.1, 0.15) is 37.9 Å². The molecular weight excluding hydrogens is 266 g/mol. The number of rotatable bonds is 6. The fourth-order valence-corrected chi connectivity index (χ4v) is 2.64. The molecule has 2 N–H and O–H groups in total. The number of aromatic nitrogens is 1. The summed E-state index contributed by atoms with van der Waals surface area (Å²) in [6.07, 6.45) is 4.48. The zero-order valence-electron chi connectivity index (χ0n) is 13.1. The summed E-state index contributed by atoms with van der Waals surface area (Å²) in [6.45, 7) is 6.08. The molecule has 5 nitrogen and oxygen atoms in total. The Morgan fingerprint density at radius 1 is 1.19 bits per heavy atom. The zero-order chi connectivity index (χ0) is 15.2. The Hall–Kier alpha value is -1.17. The van der Waals surface area contributed by atoms with Crippen LogP contribution < -0.4 is 4.90 Å². The van der Waals surface area contributed by atoms with E-state index in [1.165, 1.54) is 0 Å². The molecule has 1 saturated heterocycles. The third kappa shape index (κ3) is 4.40. The number of aliphatic hydroxyl groups is 2. The van der Waals surface area contributed by atoms with Gasteiger partial charge in [0.25, 0.3) is 0 Å². The smallest absolute Gasteiger partial charge is 0.106 e. The van der Waals surface area contributed by atoms with E-state index in [0.717, 1.165) is 44.7 Å². The van der Waals surface area contributed by atoms with E-state index in [1.807, 2.05) is 12.3 Å². The highest BCUT2D eigenvalue weighted by molar-refractivity contribution is 5.47. The van der Waals surface area contributed by atoms with Crippen molar-refractivity contribution in [1.29, 1.82) is 0 Å². The molecule has 2 heterocycles. The van der Waals surface area contributed by atoms with Crippen LogP contribution >= 0.6 is 0 Å². The van der Waals surface area contributed by atoms with Gasteiger partial charge in [-0.15, -0.1) is 0 Å². The number of unbranched alkanes of at least 4 members (excludes halogenated alkanes) is 1. The highest BCUT2D eigenvalue weighted by atomic mass is 16.3. The molecule has 0 amide bonds. The minimum absolute atomic E-state index is 0.621.